The van der Waals surface area contributed by atoms with Gasteiger partial charge in [0.25, 0.3) is 0 Å². The second kappa shape index (κ2) is 7.25. The van der Waals surface area contributed by atoms with Gasteiger partial charge < -0.3 is 10.2 Å². The molecule has 1 aromatic heterocycles. The molecule has 1 fully saturated rings. The van der Waals surface area contributed by atoms with Gasteiger partial charge in [0.05, 0.1) is 17.2 Å². The summed E-state index contributed by atoms with van der Waals surface area (Å²) >= 11 is 1.75. The van der Waals surface area contributed by atoms with Crippen molar-refractivity contribution < 1.29 is 0 Å². The molecular formula is C16H28N4S. The van der Waals surface area contributed by atoms with E-state index in [1.165, 1.54) is 11.4 Å². The fraction of sp³-hybridized carbons (Fsp3) is 0.750. The summed E-state index contributed by atoms with van der Waals surface area (Å²) in [5, 5.41) is 6.83. The van der Waals surface area contributed by atoms with E-state index in [1.54, 1.807) is 11.3 Å². The van der Waals surface area contributed by atoms with E-state index in [0.29, 0.717) is 5.92 Å². The minimum absolute atomic E-state index is 0.506. The Bertz CT molecular complexity index is 470. The molecule has 21 heavy (non-hydrogen) atoms. The second-order valence-electron chi connectivity index (χ2n) is 6.58. The lowest BCUT2D eigenvalue weighted by molar-refractivity contribution is 0.208. The maximum atomic E-state index is 4.67. The monoisotopic (exact) mass is 308 g/mol. The first-order valence-corrected chi connectivity index (χ1v) is 8.77. The minimum Gasteiger partial charge on any atom is -0.351 e. The number of hydrogen-bond donors (Lipinski definition) is 1. The molecule has 0 aliphatic carbocycles. The molecule has 1 saturated heterocycles. The largest absolute Gasteiger partial charge is 0.351 e. The number of guanidine groups is 1. The maximum absolute atomic E-state index is 4.67. The quantitative estimate of drug-likeness (QED) is 0.688. The highest BCUT2D eigenvalue weighted by molar-refractivity contribution is 7.09. The van der Waals surface area contributed by atoms with Crippen molar-refractivity contribution in [3.63, 3.8) is 0 Å². The van der Waals surface area contributed by atoms with Gasteiger partial charge in [0.1, 0.15) is 0 Å². The summed E-state index contributed by atoms with van der Waals surface area (Å²) in [6.07, 6.45) is 1.32. The molecule has 0 spiro atoms. The second-order valence-corrected chi connectivity index (χ2v) is 7.47. The Balaban J connectivity index is 1.93. The van der Waals surface area contributed by atoms with Crippen molar-refractivity contribution in [2.24, 2.45) is 16.8 Å². The first-order valence-electron chi connectivity index (χ1n) is 7.89. The predicted molar refractivity (Wildman–Crippen MR) is 90.9 cm³/mol. The predicted octanol–water partition coefficient (Wildman–Crippen LogP) is 3.32. The van der Waals surface area contributed by atoms with Crippen molar-refractivity contribution in [1.29, 1.82) is 0 Å². The minimum atomic E-state index is 0.506. The zero-order chi connectivity index (χ0) is 15.4. The molecule has 2 rings (SSSR count). The van der Waals surface area contributed by atoms with Crippen molar-refractivity contribution >= 4 is 17.3 Å². The van der Waals surface area contributed by atoms with Gasteiger partial charge in [-0.05, 0) is 18.3 Å². The van der Waals surface area contributed by atoms with Crippen LogP contribution in [0.25, 0.3) is 0 Å². The third-order valence-electron chi connectivity index (χ3n) is 3.87. The molecule has 4 nitrogen and oxygen atoms in total. The average molecular weight is 308 g/mol. The van der Waals surface area contributed by atoms with E-state index in [4.69, 9.17) is 0 Å². The molecule has 0 amide bonds. The third-order valence-corrected chi connectivity index (χ3v) is 5.07. The fourth-order valence-electron chi connectivity index (χ4n) is 3.01. The van der Waals surface area contributed by atoms with Crippen LogP contribution in [-0.2, 0) is 6.54 Å². The molecular weight excluding hydrogens is 280 g/mol. The number of aliphatic imine (C=N–C) groups is 1. The Kier molecular flexibility index (Phi) is 5.62. The Morgan fingerprint density at radius 1 is 1.43 bits per heavy atom. The van der Waals surface area contributed by atoms with Crippen LogP contribution in [0, 0.1) is 11.8 Å². The van der Waals surface area contributed by atoms with Gasteiger partial charge in [-0.3, -0.25) is 4.99 Å². The highest BCUT2D eigenvalue weighted by Gasteiger charge is 2.24. The molecule has 0 saturated carbocycles. The molecule has 1 aliphatic rings. The van der Waals surface area contributed by atoms with Crippen LogP contribution < -0.4 is 5.32 Å². The van der Waals surface area contributed by atoms with Crippen molar-refractivity contribution in [2.75, 3.05) is 20.1 Å². The Morgan fingerprint density at radius 3 is 2.62 bits per heavy atom. The zero-order valence-corrected chi connectivity index (χ0v) is 14.7. The molecule has 2 atom stereocenters. The molecule has 5 heteroatoms. The summed E-state index contributed by atoms with van der Waals surface area (Å²) in [6, 6.07) is 0. The number of hydrogen-bond acceptors (Lipinski definition) is 3. The van der Waals surface area contributed by atoms with E-state index in [1.807, 2.05) is 7.05 Å². The lowest BCUT2D eigenvalue weighted by Crippen LogP contribution is -2.48. The summed E-state index contributed by atoms with van der Waals surface area (Å²) in [5.41, 5.74) is 1.11. The van der Waals surface area contributed by atoms with Crippen LogP contribution in [0.4, 0.5) is 0 Å². The van der Waals surface area contributed by atoms with Gasteiger partial charge in [0, 0.05) is 31.4 Å². The molecule has 2 unspecified atom stereocenters. The fourth-order valence-corrected chi connectivity index (χ4v) is 3.84. The topological polar surface area (TPSA) is 40.5 Å². The first-order chi connectivity index (χ1) is 9.99. The van der Waals surface area contributed by atoms with Gasteiger partial charge in [0.15, 0.2) is 5.96 Å². The molecule has 1 N–H and O–H groups in total. The van der Waals surface area contributed by atoms with E-state index < -0.39 is 0 Å². The summed E-state index contributed by atoms with van der Waals surface area (Å²) < 4.78 is 0. The number of rotatable bonds is 3. The highest BCUT2D eigenvalue weighted by atomic mass is 32.1. The molecule has 118 valence electrons. The molecule has 1 aromatic rings. The third kappa shape index (κ3) is 4.43. The van der Waals surface area contributed by atoms with Gasteiger partial charge in [-0.15, -0.1) is 11.3 Å². The van der Waals surface area contributed by atoms with Crippen molar-refractivity contribution in [1.82, 2.24) is 15.2 Å². The van der Waals surface area contributed by atoms with Gasteiger partial charge >= 0.3 is 0 Å². The van der Waals surface area contributed by atoms with Crippen LogP contribution in [0.2, 0.25) is 0 Å². The van der Waals surface area contributed by atoms with Crippen LogP contribution in [0.15, 0.2) is 10.4 Å². The van der Waals surface area contributed by atoms with Crippen LogP contribution in [0.1, 0.15) is 50.7 Å². The normalized spacial score (nSPS) is 23.7. The molecule has 0 aromatic carbocycles. The van der Waals surface area contributed by atoms with Crippen LogP contribution in [0.3, 0.4) is 0 Å². The summed E-state index contributed by atoms with van der Waals surface area (Å²) in [4.78, 5) is 11.5. The van der Waals surface area contributed by atoms with E-state index in [2.05, 4.69) is 53.3 Å². The Hall–Kier alpha value is -1.10. The highest BCUT2D eigenvalue weighted by Crippen LogP contribution is 2.21. The van der Waals surface area contributed by atoms with E-state index in [9.17, 15) is 0 Å². The molecule has 2 heterocycles. The Labute approximate surface area is 132 Å². The molecule has 1 aliphatic heterocycles. The average Bonchev–Trinajstić information content (AvgIpc) is 2.87. The smallest absolute Gasteiger partial charge is 0.193 e. The summed E-state index contributed by atoms with van der Waals surface area (Å²) in [5.74, 6) is 2.98. The number of piperidine rings is 1. The van der Waals surface area contributed by atoms with Gasteiger partial charge in [-0.1, -0.05) is 27.7 Å². The number of aromatic nitrogens is 1. The number of likely N-dealkylation sites (tertiary alicyclic amines) is 1. The van der Waals surface area contributed by atoms with Crippen molar-refractivity contribution in [3.8, 4) is 0 Å². The van der Waals surface area contributed by atoms with E-state index in [-0.39, 0.29) is 0 Å². The zero-order valence-electron chi connectivity index (χ0n) is 13.9. The van der Waals surface area contributed by atoms with Gasteiger partial charge in [-0.25, -0.2) is 4.98 Å². The molecule has 0 radical (unpaired) electrons. The Morgan fingerprint density at radius 2 is 2.10 bits per heavy atom. The summed E-state index contributed by atoms with van der Waals surface area (Å²) in [6.45, 7) is 12.0. The lowest BCUT2D eigenvalue weighted by atomic mass is 9.92. The van der Waals surface area contributed by atoms with Gasteiger partial charge in [-0.2, -0.15) is 0 Å². The summed E-state index contributed by atoms with van der Waals surface area (Å²) in [7, 11) is 1.87. The van der Waals surface area contributed by atoms with Crippen molar-refractivity contribution in [2.45, 2.75) is 46.6 Å². The van der Waals surface area contributed by atoms with Gasteiger partial charge in [0.2, 0.25) is 0 Å². The lowest BCUT2D eigenvalue weighted by Gasteiger charge is -2.37. The van der Waals surface area contributed by atoms with Crippen molar-refractivity contribution in [3.05, 3.63) is 16.1 Å². The van der Waals surface area contributed by atoms with Crippen LogP contribution >= 0.6 is 11.3 Å². The standard InChI is InChI=1S/C16H28N4S/c1-11(2)15-19-14(10-21-15)7-18-16(17-5)20-8-12(3)6-13(4)9-20/h10-13H,6-9H2,1-5H3,(H,17,18). The van der Waals surface area contributed by atoms with E-state index in [0.717, 1.165) is 43.1 Å². The maximum Gasteiger partial charge on any atom is 0.193 e. The SMILES string of the molecule is CN=C(NCc1csc(C(C)C)n1)N1CC(C)CC(C)C1. The number of thiazole rings is 1. The number of nitrogens with zero attached hydrogens (tertiary/aromatic N) is 3. The van der Waals surface area contributed by atoms with Crippen LogP contribution in [0.5, 0.6) is 0 Å². The van der Waals surface area contributed by atoms with E-state index >= 15 is 0 Å². The number of nitrogens with one attached hydrogen (secondary N) is 1. The first kappa shape index (κ1) is 16.3. The van der Waals surface area contributed by atoms with Crippen LogP contribution in [-0.4, -0.2) is 36.0 Å². The molecule has 0 bridgehead atoms.